The van der Waals surface area contributed by atoms with E-state index in [0.717, 1.165) is 24.5 Å². The van der Waals surface area contributed by atoms with Crippen LogP contribution in [0, 0.1) is 0 Å². The van der Waals surface area contributed by atoms with E-state index in [4.69, 9.17) is 4.74 Å². The summed E-state index contributed by atoms with van der Waals surface area (Å²) in [6, 6.07) is 7.52. The largest absolute Gasteiger partial charge is 0.494 e. The summed E-state index contributed by atoms with van der Waals surface area (Å²) in [4.78, 5) is 10.8. The Balaban J connectivity index is 2.45. The predicted octanol–water partition coefficient (Wildman–Crippen LogP) is 2.57. The lowest BCUT2D eigenvalue weighted by Gasteiger charge is -2.05. The summed E-state index contributed by atoms with van der Waals surface area (Å²) >= 11 is 0. The number of hydrogen-bond donors (Lipinski definition) is 1. The Hall–Kier alpha value is -1.97. The lowest BCUT2D eigenvalue weighted by atomic mass is 10.3. The highest BCUT2D eigenvalue weighted by Crippen LogP contribution is 2.15. The molecule has 4 nitrogen and oxygen atoms in total. The van der Waals surface area contributed by atoms with Crippen LogP contribution < -0.4 is 10.1 Å². The first kappa shape index (κ1) is 13.1. The Kier molecular flexibility index (Phi) is 5.64. The highest BCUT2D eigenvalue weighted by Gasteiger charge is 1.94. The van der Waals surface area contributed by atoms with Crippen LogP contribution in [0.15, 0.2) is 36.5 Å². The maximum Gasteiger partial charge on any atom is 0.331 e. The Labute approximate surface area is 101 Å². The fraction of sp³-hybridized carbons (Fsp3) is 0.308. The normalized spacial score (nSPS) is 10.2. The second-order valence-electron chi connectivity index (χ2n) is 3.37. The molecule has 17 heavy (non-hydrogen) atoms. The van der Waals surface area contributed by atoms with Crippen molar-refractivity contribution in [3.05, 3.63) is 36.5 Å². The summed E-state index contributed by atoms with van der Waals surface area (Å²) in [5.41, 5.74) is 0.883. The number of carbonyl (C=O) groups is 1. The number of nitrogens with one attached hydrogen (secondary N) is 1. The molecule has 1 N–H and O–H groups in total. The van der Waals surface area contributed by atoms with Crippen molar-refractivity contribution in [3.8, 4) is 5.75 Å². The van der Waals surface area contributed by atoms with Gasteiger partial charge in [-0.05, 0) is 30.7 Å². The molecule has 4 heteroatoms. The Morgan fingerprint density at radius 1 is 1.35 bits per heavy atom. The molecule has 0 radical (unpaired) electrons. The van der Waals surface area contributed by atoms with E-state index in [-0.39, 0.29) is 5.97 Å². The predicted molar refractivity (Wildman–Crippen MR) is 67.0 cm³/mol. The maximum atomic E-state index is 10.8. The van der Waals surface area contributed by atoms with Crippen LogP contribution in [-0.2, 0) is 9.53 Å². The topological polar surface area (TPSA) is 47.6 Å². The highest BCUT2D eigenvalue weighted by molar-refractivity contribution is 5.82. The van der Waals surface area contributed by atoms with Crippen LogP contribution in [-0.4, -0.2) is 19.7 Å². The van der Waals surface area contributed by atoms with Crippen molar-refractivity contribution in [2.45, 2.75) is 13.3 Å². The minimum absolute atomic E-state index is 0.389. The van der Waals surface area contributed by atoms with Gasteiger partial charge < -0.3 is 14.8 Å². The zero-order valence-corrected chi connectivity index (χ0v) is 10.1. The molecule has 0 aliphatic carbocycles. The number of hydrogen-bond acceptors (Lipinski definition) is 4. The molecule has 0 aliphatic rings. The van der Waals surface area contributed by atoms with Crippen molar-refractivity contribution in [1.29, 1.82) is 0 Å². The SMILES string of the molecule is CCCOc1ccc(N/C=C/C(=O)OC)cc1. The number of anilines is 1. The van der Waals surface area contributed by atoms with Gasteiger partial charge in [0.05, 0.1) is 13.7 Å². The third kappa shape index (κ3) is 5.06. The molecule has 1 rings (SSSR count). The van der Waals surface area contributed by atoms with Gasteiger partial charge in [0.15, 0.2) is 0 Å². The molecule has 0 aromatic heterocycles. The second kappa shape index (κ2) is 7.33. The van der Waals surface area contributed by atoms with Crippen molar-refractivity contribution in [2.75, 3.05) is 19.0 Å². The van der Waals surface area contributed by atoms with Crippen molar-refractivity contribution < 1.29 is 14.3 Å². The van der Waals surface area contributed by atoms with Gasteiger partial charge in [0.25, 0.3) is 0 Å². The molecule has 0 atom stereocenters. The summed E-state index contributed by atoms with van der Waals surface area (Å²) in [5.74, 6) is 0.453. The molecule has 1 aromatic carbocycles. The first-order chi connectivity index (χ1) is 8.26. The van der Waals surface area contributed by atoms with Crippen molar-refractivity contribution >= 4 is 11.7 Å². The zero-order valence-electron chi connectivity index (χ0n) is 10.1. The Bertz CT molecular complexity index is 371. The summed E-state index contributed by atoms with van der Waals surface area (Å²) in [7, 11) is 1.34. The van der Waals surface area contributed by atoms with Gasteiger partial charge in [-0.15, -0.1) is 0 Å². The fourth-order valence-electron chi connectivity index (χ4n) is 1.14. The average Bonchev–Trinajstić information content (AvgIpc) is 2.37. The van der Waals surface area contributed by atoms with Crippen LogP contribution in [0.3, 0.4) is 0 Å². The monoisotopic (exact) mass is 235 g/mol. The maximum absolute atomic E-state index is 10.8. The van der Waals surface area contributed by atoms with E-state index >= 15 is 0 Å². The van der Waals surface area contributed by atoms with Crippen LogP contribution in [0.5, 0.6) is 5.75 Å². The van der Waals surface area contributed by atoms with Crippen LogP contribution in [0.25, 0.3) is 0 Å². The lowest BCUT2D eigenvalue weighted by Crippen LogP contribution is -1.97. The number of rotatable bonds is 6. The van der Waals surface area contributed by atoms with E-state index < -0.39 is 0 Å². The van der Waals surface area contributed by atoms with E-state index in [9.17, 15) is 4.79 Å². The van der Waals surface area contributed by atoms with Gasteiger partial charge in [-0.25, -0.2) is 4.79 Å². The Morgan fingerprint density at radius 2 is 2.06 bits per heavy atom. The number of benzene rings is 1. The van der Waals surface area contributed by atoms with Crippen molar-refractivity contribution in [3.63, 3.8) is 0 Å². The van der Waals surface area contributed by atoms with Gasteiger partial charge >= 0.3 is 5.97 Å². The van der Waals surface area contributed by atoms with E-state index in [1.165, 1.54) is 19.4 Å². The molecular weight excluding hydrogens is 218 g/mol. The first-order valence-corrected chi connectivity index (χ1v) is 5.50. The first-order valence-electron chi connectivity index (χ1n) is 5.50. The van der Waals surface area contributed by atoms with Crippen LogP contribution >= 0.6 is 0 Å². The van der Waals surface area contributed by atoms with E-state index in [1.54, 1.807) is 0 Å². The highest BCUT2D eigenvalue weighted by atomic mass is 16.5. The number of methoxy groups -OCH3 is 1. The molecule has 1 aromatic rings. The average molecular weight is 235 g/mol. The van der Waals surface area contributed by atoms with Gasteiger partial charge in [-0.2, -0.15) is 0 Å². The molecule has 0 spiro atoms. The smallest absolute Gasteiger partial charge is 0.331 e. The van der Waals surface area contributed by atoms with Crippen LogP contribution in [0.4, 0.5) is 5.69 Å². The molecule has 0 saturated carbocycles. The fourth-order valence-corrected chi connectivity index (χ4v) is 1.14. The van der Waals surface area contributed by atoms with Crippen LogP contribution in [0.2, 0.25) is 0 Å². The molecule has 0 aliphatic heterocycles. The van der Waals surface area contributed by atoms with Gasteiger partial charge in [0.1, 0.15) is 5.75 Å². The van der Waals surface area contributed by atoms with Gasteiger partial charge in [-0.1, -0.05) is 6.92 Å². The van der Waals surface area contributed by atoms with Crippen molar-refractivity contribution in [2.24, 2.45) is 0 Å². The third-order valence-electron chi connectivity index (χ3n) is 2.00. The van der Waals surface area contributed by atoms with Gasteiger partial charge in [-0.3, -0.25) is 0 Å². The van der Waals surface area contributed by atoms with Crippen molar-refractivity contribution in [1.82, 2.24) is 0 Å². The summed E-state index contributed by atoms with van der Waals surface area (Å²) in [5, 5.41) is 2.96. The summed E-state index contributed by atoms with van der Waals surface area (Å²) in [6.45, 7) is 2.78. The molecule has 0 unspecified atom stereocenters. The standard InChI is InChI=1S/C13H17NO3/c1-3-10-17-12-6-4-11(5-7-12)14-9-8-13(15)16-2/h4-9,14H,3,10H2,1-2H3/b9-8+. The molecule has 0 amide bonds. The quantitative estimate of drug-likeness (QED) is 0.608. The summed E-state index contributed by atoms with van der Waals surface area (Å²) in [6.07, 6.45) is 3.84. The minimum Gasteiger partial charge on any atom is -0.494 e. The number of ether oxygens (including phenoxy) is 2. The number of carbonyl (C=O) groups excluding carboxylic acids is 1. The van der Waals surface area contributed by atoms with E-state index in [1.807, 2.05) is 24.3 Å². The molecule has 0 heterocycles. The molecule has 0 fully saturated rings. The number of esters is 1. The molecular formula is C13H17NO3. The van der Waals surface area contributed by atoms with Gasteiger partial charge in [0.2, 0.25) is 0 Å². The molecule has 92 valence electrons. The van der Waals surface area contributed by atoms with Gasteiger partial charge in [0, 0.05) is 18.0 Å². The minimum atomic E-state index is -0.389. The van der Waals surface area contributed by atoms with E-state index in [2.05, 4.69) is 17.0 Å². The molecule has 0 bridgehead atoms. The summed E-state index contributed by atoms with van der Waals surface area (Å²) < 4.78 is 9.92. The third-order valence-corrected chi connectivity index (χ3v) is 2.00. The Morgan fingerprint density at radius 3 is 2.65 bits per heavy atom. The molecule has 0 saturated heterocycles. The van der Waals surface area contributed by atoms with E-state index in [0.29, 0.717) is 0 Å². The second-order valence-corrected chi connectivity index (χ2v) is 3.37. The zero-order chi connectivity index (χ0) is 12.5. The lowest BCUT2D eigenvalue weighted by molar-refractivity contribution is -0.134. The van der Waals surface area contributed by atoms with Crippen LogP contribution in [0.1, 0.15) is 13.3 Å².